The Kier molecular flexibility index (Phi) is 10.2. The molecule has 224 valence electrons. The molecule has 0 spiro atoms. The van der Waals surface area contributed by atoms with E-state index < -0.39 is 23.4 Å². The van der Waals surface area contributed by atoms with E-state index in [1.54, 1.807) is 17.0 Å². The average molecular weight is 578 g/mol. The number of ether oxygens (including phenoxy) is 1. The standard InChI is InChI=1S/C33H40FN3O5/c1-22-7-4-8-25(19-22)29-27(14-15-28(42-3)30(29)34)33(41,16-6-17-36-32(39)40)26-9-5-18-37(21-26)31(38)24-12-10-23(11-13-24)20-35-2/h4,7-8,10-15,19,26,35-36,41H,5-6,9,16-18,20-21H2,1-3H3,(H,39,40). The minimum atomic E-state index is -1.55. The fourth-order valence-electron chi connectivity index (χ4n) is 5.97. The molecule has 42 heavy (non-hydrogen) atoms. The van der Waals surface area contributed by atoms with Crippen LogP contribution in [0, 0.1) is 18.7 Å². The maximum Gasteiger partial charge on any atom is 0.404 e. The van der Waals surface area contributed by atoms with Crippen molar-refractivity contribution in [1.82, 2.24) is 15.5 Å². The van der Waals surface area contributed by atoms with Gasteiger partial charge in [-0.3, -0.25) is 4.79 Å². The molecule has 4 N–H and O–H groups in total. The number of amides is 2. The van der Waals surface area contributed by atoms with Crippen molar-refractivity contribution >= 4 is 12.0 Å². The van der Waals surface area contributed by atoms with Crippen LogP contribution in [0.5, 0.6) is 5.75 Å². The normalized spacial score (nSPS) is 16.5. The van der Waals surface area contributed by atoms with Gasteiger partial charge in [0.15, 0.2) is 11.6 Å². The molecule has 3 aromatic carbocycles. The minimum Gasteiger partial charge on any atom is -0.494 e. The number of aliphatic hydroxyl groups is 1. The second-order valence-electron chi connectivity index (χ2n) is 11.0. The molecule has 3 aromatic rings. The summed E-state index contributed by atoms with van der Waals surface area (Å²) in [7, 11) is 3.27. The summed E-state index contributed by atoms with van der Waals surface area (Å²) in [5.41, 5.74) is 2.27. The van der Waals surface area contributed by atoms with Crippen LogP contribution in [-0.4, -0.2) is 60.9 Å². The lowest BCUT2D eigenvalue weighted by molar-refractivity contribution is -0.0565. The number of likely N-dealkylation sites (tertiary alicyclic amines) is 1. The number of carbonyl (C=O) groups is 2. The zero-order chi connectivity index (χ0) is 30.3. The number of piperidine rings is 1. The van der Waals surface area contributed by atoms with Crippen molar-refractivity contribution < 1.29 is 28.9 Å². The molecule has 0 aliphatic carbocycles. The van der Waals surface area contributed by atoms with Crippen LogP contribution >= 0.6 is 0 Å². The summed E-state index contributed by atoms with van der Waals surface area (Å²) in [4.78, 5) is 26.4. The highest BCUT2D eigenvalue weighted by atomic mass is 19.1. The highest BCUT2D eigenvalue weighted by molar-refractivity contribution is 5.94. The molecule has 0 saturated carbocycles. The van der Waals surface area contributed by atoms with Gasteiger partial charge in [0, 0.05) is 43.2 Å². The Balaban J connectivity index is 1.73. The predicted molar refractivity (Wildman–Crippen MR) is 160 cm³/mol. The van der Waals surface area contributed by atoms with Crippen LogP contribution in [0.25, 0.3) is 11.1 Å². The van der Waals surface area contributed by atoms with Crippen LogP contribution in [-0.2, 0) is 12.1 Å². The Morgan fingerprint density at radius 2 is 1.90 bits per heavy atom. The fraction of sp³-hybridized carbons (Fsp3) is 0.394. The lowest BCUT2D eigenvalue weighted by atomic mass is 9.72. The predicted octanol–water partition coefficient (Wildman–Crippen LogP) is 5.32. The molecule has 1 aliphatic rings. The van der Waals surface area contributed by atoms with Gasteiger partial charge in [-0.25, -0.2) is 9.18 Å². The van der Waals surface area contributed by atoms with Gasteiger partial charge in [-0.05, 0) is 74.5 Å². The van der Waals surface area contributed by atoms with Crippen LogP contribution < -0.4 is 15.4 Å². The third-order valence-corrected chi connectivity index (χ3v) is 8.08. The van der Waals surface area contributed by atoms with Gasteiger partial charge < -0.3 is 30.5 Å². The molecule has 0 aromatic heterocycles. The van der Waals surface area contributed by atoms with Crippen molar-refractivity contribution in [3.63, 3.8) is 0 Å². The van der Waals surface area contributed by atoms with Crippen molar-refractivity contribution in [2.24, 2.45) is 5.92 Å². The third kappa shape index (κ3) is 6.91. The van der Waals surface area contributed by atoms with E-state index in [1.807, 2.05) is 56.4 Å². The van der Waals surface area contributed by atoms with Crippen molar-refractivity contribution in [2.75, 3.05) is 33.8 Å². The summed E-state index contributed by atoms with van der Waals surface area (Å²) in [6.07, 6.45) is 0.631. The summed E-state index contributed by atoms with van der Waals surface area (Å²) < 4.78 is 21.4. The SMILES string of the molecule is CNCc1ccc(C(=O)N2CCCC(C(O)(CCCNC(=O)O)c3ccc(OC)c(F)c3-c3cccc(C)c3)C2)cc1. The second-order valence-corrected chi connectivity index (χ2v) is 11.0. The summed E-state index contributed by atoms with van der Waals surface area (Å²) in [5, 5.41) is 27.2. The molecule has 1 saturated heterocycles. The molecule has 2 atom stereocenters. The number of aryl methyl sites for hydroxylation is 1. The number of hydrogen-bond donors (Lipinski definition) is 4. The Labute approximate surface area is 246 Å². The number of rotatable bonds is 11. The van der Waals surface area contributed by atoms with E-state index in [4.69, 9.17) is 9.84 Å². The number of nitrogens with one attached hydrogen (secondary N) is 2. The van der Waals surface area contributed by atoms with E-state index in [0.717, 1.165) is 11.1 Å². The van der Waals surface area contributed by atoms with Crippen molar-refractivity contribution in [3.8, 4) is 16.9 Å². The fourth-order valence-corrected chi connectivity index (χ4v) is 5.97. The highest BCUT2D eigenvalue weighted by Gasteiger charge is 2.43. The number of carboxylic acid groups (broad SMARTS) is 1. The first-order valence-corrected chi connectivity index (χ1v) is 14.3. The Hall–Kier alpha value is -3.95. The molecule has 0 radical (unpaired) electrons. The molecule has 1 fully saturated rings. The summed E-state index contributed by atoms with van der Waals surface area (Å²) in [5.74, 6) is -1.05. The molecule has 9 heteroatoms. The Morgan fingerprint density at radius 1 is 1.14 bits per heavy atom. The molecule has 1 aliphatic heterocycles. The summed E-state index contributed by atoms with van der Waals surface area (Å²) in [6.45, 7) is 3.57. The van der Waals surface area contributed by atoms with Gasteiger partial charge in [-0.1, -0.05) is 48.0 Å². The van der Waals surface area contributed by atoms with Gasteiger partial charge >= 0.3 is 6.09 Å². The highest BCUT2D eigenvalue weighted by Crippen LogP contribution is 2.46. The molecule has 1 heterocycles. The van der Waals surface area contributed by atoms with Crippen LogP contribution in [0.4, 0.5) is 9.18 Å². The van der Waals surface area contributed by atoms with Crippen molar-refractivity contribution in [1.29, 1.82) is 0 Å². The topological polar surface area (TPSA) is 111 Å². The van der Waals surface area contributed by atoms with E-state index in [-0.39, 0.29) is 36.7 Å². The first kappa shape index (κ1) is 31.0. The Morgan fingerprint density at radius 3 is 2.57 bits per heavy atom. The maximum atomic E-state index is 16.1. The monoisotopic (exact) mass is 577 g/mol. The first-order valence-electron chi connectivity index (χ1n) is 14.3. The van der Waals surface area contributed by atoms with Crippen LogP contribution in [0.2, 0.25) is 0 Å². The van der Waals surface area contributed by atoms with E-state index in [1.165, 1.54) is 13.2 Å². The number of nitrogens with zero attached hydrogens (tertiary/aromatic N) is 1. The zero-order valence-electron chi connectivity index (χ0n) is 24.5. The molecular formula is C33H40FN3O5. The zero-order valence-corrected chi connectivity index (χ0v) is 24.5. The largest absolute Gasteiger partial charge is 0.494 e. The van der Waals surface area contributed by atoms with Gasteiger partial charge in [0.05, 0.1) is 12.7 Å². The van der Waals surface area contributed by atoms with E-state index in [2.05, 4.69) is 10.6 Å². The van der Waals surface area contributed by atoms with Gasteiger partial charge in [0.25, 0.3) is 5.91 Å². The van der Waals surface area contributed by atoms with Gasteiger partial charge in [-0.2, -0.15) is 0 Å². The van der Waals surface area contributed by atoms with E-state index in [9.17, 15) is 14.7 Å². The molecular weight excluding hydrogens is 537 g/mol. The number of halogens is 1. The lowest BCUT2D eigenvalue weighted by Gasteiger charge is -2.44. The van der Waals surface area contributed by atoms with E-state index >= 15 is 4.39 Å². The van der Waals surface area contributed by atoms with Crippen LogP contribution in [0.15, 0.2) is 60.7 Å². The van der Waals surface area contributed by atoms with Crippen molar-refractivity contribution in [3.05, 3.63) is 88.7 Å². The average Bonchev–Trinajstić information content (AvgIpc) is 2.99. The number of benzene rings is 3. The van der Waals surface area contributed by atoms with Crippen LogP contribution in [0.1, 0.15) is 52.7 Å². The second kappa shape index (κ2) is 13.8. The molecule has 8 nitrogen and oxygen atoms in total. The molecule has 0 bridgehead atoms. The number of hydrogen-bond acceptors (Lipinski definition) is 5. The smallest absolute Gasteiger partial charge is 0.404 e. The van der Waals surface area contributed by atoms with Gasteiger partial charge in [0.2, 0.25) is 0 Å². The van der Waals surface area contributed by atoms with Crippen molar-refractivity contribution in [2.45, 2.75) is 44.8 Å². The van der Waals surface area contributed by atoms with Crippen LogP contribution in [0.3, 0.4) is 0 Å². The lowest BCUT2D eigenvalue weighted by Crippen LogP contribution is -2.48. The molecule has 2 unspecified atom stereocenters. The van der Waals surface area contributed by atoms with Gasteiger partial charge in [0.1, 0.15) is 0 Å². The summed E-state index contributed by atoms with van der Waals surface area (Å²) in [6, 6.07) is 18.1. The molecule has 4 rings (SSSR count). The van der Waals surface area contributed by atoms with E-state index in [0.29, 0.717) is 49.0 Å². The van der Waals surface area contributed by atoms with Gasteiger partial charge in [-0.15, -0.1) is 0 Å². The minimum absolute atomic E-state index is 0.0623. The number of methoxy groups -OCH3 is 1. The summed E-state index contributed by atoms with van der Waals surface area (Å²) >= 11 is 0. The molecule has 2 amide bonds. The number of carbonyl (C=O) groups excluding carboxylic acids is 1. The Bertz CT molecular complexity index is 1400. The maximum absolute atomic E-state index is 16.1. The first-order chi connectivity index (χ1) is 20.2. The third-order valence-electron chi connectivity index (χ3n) is 8.08. The quantitative estimate of drug-likeness (QED) is 0.230.